The summed E-state index contributed by atoms with van der Waals surface area (Å²) in [6, 6.07) is 0. The van der Waals surface area contributed by atoms with Crippen LogP contribution in [0, 0.1) is 0 Å². The molecule has 0 radical (unpaired) electrons. The lowest BCUT2D eigenvalue weighted by molar-refractivity contribution is -0.191. The van der Waals surface area contributed by atoms with Crippen LogP contribution in [0.4, 0.5) is 0 Å². The number of ether oxygens (including phenoxy) is 3. The Morgan fingerprint density at radius 1 is 1.36 bits per heavy atom. The second kappa shape index (κ2) is 7.88. The Hall–Kier alpha value is -1.25. The minimum Gasteiger partial charge on any atom is -0.461 e. The maximum atomic E-state index is 11.4. The van der Waals surface area contributed by atoms with Gasteiger partial charge in [0, 0.05) is 18.9 Å². The van der Waals surface area contributed by atoms with E-state index in [9.17, 15) is 20.1 Å². The predicted molar refractivity (Wildman–Crippen MR) is 102 cm³/mol. The first-order chi connectivity index (χ1) is 13.1. The highest BCUT2D eigenvalue weighted by molar-refractivity contribution is 5.66. The van der Waals surface area contributed by atoms with Gasteiger partial charge in [-0.1, -0.05) is 12.2 Å². The third-order valence-electron chi connectivity index (χ3n) is 5.96. The van der Waals surface area contributed by atoms with Crippen LogP contribution in [-0.2, 0) is 19.0 Å². The first-order valence-corrected chi connectivity index (χ1v) is 10.0. The van der Waals surface area contributed by atoms with Crippen LogP contribution in [0.3, 0.4) is 0 Å². The summed E-state index contributed by atoms with van der Waals surface area (Å²) in [5, 5.41) is 30.7. The van der Waals surface area contributed by atoms with Crippen LogP contribution in [0.15, 0.2) is 23.3 Å². The molecule has 2 aliphatic heterocycles. The van der Waals surface area contributed by atoms with E-state index in [0.29, 0.717) is 24.0 Å². The van der Waals surface area contributed by atoms with E-state index < -0.39 is 41.6 Å². The first kappa shape index (κ1) is 21.5. The fraction of sp³-hybridized carbons (Fsp3) is 0.762. The van der Waals surface area contributed by atoms with Gasteiger partial charge in [0.1, 0.15) is 30.5 Å². The lowest BCUT2D eigenvalue weighted by atomic mass is 9.72. The molecule has 0 amide bonds. The van der Waals surface area contributed by atoms with Crippen molar-refractivity contribution < 1.29 is 34.3 Å². The van der Waals surface area contributed by atoms with E-state index in [0.717, 1.165) is 12.8 Å². The third-order valence-corrected chi connectivity index (χ3v) is 5.96. The molecule has 0 aromatic carbocycles. The number of carbonyl (C=O) groups excluding carboxylic acids is 1. The number of rotatable bonds is 7. The average Bonchev–Trinajstić information content (AvgIpc) is 3.31. The minimum atomic E-state index is -0.869. The van der Waals surface area contributed by atoms with E-state index >= 15 is 0 Å². The Bertz CT molecular complexity index is 666. The summed E-state index contributed by atoms with van der Waals surface area (Å²) >= 11 is 0. The van der Waals surface area contributed by atoms with Gasteiger partial charge in [0.05, 0.1) is 17.8 Å². The van der Waals surface area contributed by atoms with Crippen LogP contribution >= 0.6 is 0 Å². The maximum absolute atomic E-state index is 11.4. The predicted octanol–water partition coefficient (Wildman–Crippen LogP) is 1.39. The molecule has 3 N–H and O–H groups in total. The van der Waals surface area contributed by atoms with Gasteiger partial charge < -0.3 is 29.5 Å². The fourth-order valence-electron chi connectivity index (χ4n) is 4.20. The summed E-state index contributed by atoms with van der Waals surface area (Å²) in [5.74, 6) is -0.412. The normalized spacial score (nSPS) is 37.4. The molecule has 7 heteroatoms. The van der Waals surface area contributed by atoms with Gasteiger partial charge in [0.15, 0.2) is 0 Å². The molecule has 7 nitrogen and oxygen atoms in total. The number of unbranched alkanes of at least 4 members (excludes halogenated alkanes) is 1. The Balaban J connectivity index is 1.87. The van der Waals surface area contributed by atoms with Gasteiger partial charge in [-0.2, -0.15) is 0 Å². The van der Waals surface area contributed by atoms with Crippen molar-refractivity contribution in [3.8, 4) is 0 Å². The van der Waals surface area contributed by atoms with Gasteiger partial charge in [-0.05, 0) is 45.6 Å². The molecule has 0 aromatic heterocycles. The zero-order valence-electron chi connectivity index (χ0n) is 17.1. The highest BCUT2D eigenvalue weighted by Gasteiger charge is 2.72. The van der Waals surface area contributed by atoms with E-state index in [-0.39, 0.29) is 12.7 Å². The maximum Gasteiger partial charge on any atom is 0.302 e. The van der Waals surface area contributed by atoms with E-state index in [4.69, 9.17) is 14.2 Å². The van der Waals surface area contributed by atoms with Gasteiger partial charge >= 0.3 is 5.97 Å². The van der Waals surface area contributed by atoms with Crippen molar-refractivity contribution in [3.63, 3.8) is 0 Å². The molecule has 2 saturated heterocycles. The number of aliphatic hydroxyl groups excluding tert-OH is 3. The van der Waals surface area contributed by atoms with Crippen LogP contribution in [-0.4, -0.2) is 69.6 Å². The smallest absolute Gasteiger partial charge is 0.302 e. The van der Waals surface area contributed by atoms with Crippen molar-refractivity contribution in [2.75, 3.05) is 6.61 Å². The first-order valence-electron chi connectivity index (χ1n) is 10.0. The van der Waals surface area contributed by atoms with E-state index in [1.54, 1.807) is 6.92 Å². The Morgan fingerprint density at radius 2 is 2.07 bits per heavy atom. The zero-order chi connectivity index (χ0) is 20.7. The highest BCUT2D eigenvalue weighted by Crippen LogP contribution is 2.58. The molecule has 28 heavy (non-hydrogen) atoms. The van der Waals surface area contributed by atoms with Gasteiger partial charge in [-0.15, -0.1) is 0 Å². The molecule has 0 aromatic rings. The molecule has 3 aliphatic rings. The third kappa shape index (κ3) is 4.04. The van der Waals surface area contributed by atoms with Crippen molar-refractivity contribution in [1.82, 2.24) is 0 Å². The number of esters is 1. The van der Waals surface area contributed by atoms with Crippen LogP contribution in [0.25, 0.3) is 0 Å². The summed E-state index contributed by atoms with van der Waals surface area (Å²) < 4.78 is 17.4. The fourth-order valence-corrected chi connectivity index (χ4v) is 4.20. The number of epoxide rings is 1. The molecule has 0 unspecified atom stereocenters. The summed E-state index contributed by atoms with van der Waals surface area (Å²) in [6.07, 6.45) is 3.61. The molecular weight excluding hydrogens is 364 g/mol. The van der Waals surface area contributed by atoms with Crippen molar-refractivity contribution in [3.05, 3.63) is 23.3 Å². The molecule has 2 fully saturated rings. The number of hydrogen-bond donors (Lipinski definition) is 3. The van der Waals surface area contributed by atoms with Crippen molar-refractivity contribution >= 4 is 5.97 Å². The molecule has 2 heterocycles. The van der Waals surface area contributed by atoms with E-state index in [2.05, 4.69) is 0 Å². The Morgan fingerprint density at radius 3 is 2.71 bits per heavy atom. The van der Waals surface area contributed by atoms with Crippen molar-refractivity contribution in [1.29, 1.82) is 0 Å². The second-order valence-corrected chi connectivity index (χ2v) is 8.70. The zero-order valence-corrected chi connectivity index (χ0v) is 17.1. The molecule has 3 rings (SSSR count). The molecule has 0 saturated carbocycles. The Labute approximate surface area is 166 Å². The lowest BCUT2D eigenvalue weighted by Crippen LogP contribution is -2.59. The number of allylic oxidation sites excluding steroid dienone is 1. The average molecular weight is 396 g/mol. The van der Waals surface area contributed by atoms with Gasteiger partial charge in [-0.3, -0.25) is 4.79 Å². The highest BCUT2D eigenvalue weighted by atomic mass is 16.7. The minimum absolute atomic E-state index is 0.00835. The molecule has 0 bridgehead atoms. The quantitative estimate of drug-likeness (QED) is 0.339. The monoisotopic (exact) mass is 396 g/mol. The van der Waals surface area contributed by atoms with Crippen LogP contribution in [0.2, 0.25) is 0 Å². The SMILES string of the molecule is CC(=O)OCC1=C(C=CCCC[C@H](C)O)[C@@H](O)[C@@H]2O[C@@]23C[C@H](O)C(C)(C)O[C@@H]13. The summed E-state index contributed by atoms with van der Waals surface area (Å²) in [6.45, 7) is 6.75. The Kier molecular flexibility index (Phi) is 6.04. The largest absolute Gasteiger partial charge is 0.461 e. The van der Waals surface area contributed by atoms with Crippen molar-refractivity contribution in [2.45, 2.75) is 95.1 Å². The molecule has 158 valence electrons. The summed E-state index contributed by atoms with van der Waals surface area (Å²) in [4.78, 5) is 11.4. The molecule has 6 atom stereocenters. The number of carbonyl (C=O) groups is 1. The van der Waals surface area contributed by atoms with Crippen LogP contribution < -0.4 is 0 Å². The van der Waals surface area contributed by atoms with E-state index in [1.807, 2.05) is 26.0 Å². The molecular formula is C21H32O7. The van der Waals surface area contributed by atoms with Crippen LogP contribution in [0.1, 0.15) is 53.4 Å². The summed E-state index contributed by atoms with van der Waals surface area (Å²) in [5.41, 5.74) is -0.215. The molecule has 1 spiro atoms. The topological polar surface area (TPSA) is 109 Å². The van der Waals surface area contributed by atoms with E-state index in [1.165, 1.54) is 6.92 Å². The van der Waals surface area contributed by atoms with Gasteiger partial charge in [-0.25, -0.2) is 0 Å². The summed E-state index contributed by atoms with van der Waals surface area (Å²) in [7, 11) is 0. The lowest BCUT2D eigenvalue weighted by Gasteiger charge is -2.46. The van der Waals surface area contributed by atoms with Crippen LogP contribution in [0.5, 0.6) is 0 Å². The van der Waals surface area contributed by atoms with Gasteiger partial charge in [0.2, 0.25) is 0 Å². The van der Waals surface area contributed by atoms with Gasteiger partial charge in [0.25, 0.3) is 0 Å². The molecule has 1 aliphatic carbocycles. The van der Waals surface area contributed by atoms with Crippen molar-refractivity contribution in [2.24, 2.45) is 0 Å². The second-order valence-electron chi connectivity index (χ2n) is 8.70. The number of hydrogen-bond acceptors (Lipinski definition) is 7. The number of aliphatic hydroxyl groups is 3. The standard InChI is InChI=1S/C21H32O7/c1-12(22)8-6-5-7-9-14-15(11-26-13(2)23)18-21(19(28-21)17(14)25)10-16(24)20(3,4)27-18/h7,9,12,16-19,22,24-25H,5-6,8,10-11H2,1-4H3/t12-,16-,17+,18-,19-,21+/m0/s1.